The minimum Gasteiger partial charge on any atom is -0.333 e. The van der Waals surface area contributed by atoms with Crippen LogP contribution in [0.25, 0.3) is 11.2 Å². The van der Waals surface area contributed by atoms with E-state index in [1.807, 2.05) is 18.3 Å². The molecule has 0 unspecified atom stereocenters. The normalized spacial score (nSPS) is 14.7. The minimum atomic E-state index is -0.105. The highest BCUT2D eigenvalue weighted by molar-refractivity contribution is 6.30. The van der Waals surface area contributed by atoms with E-state index in [0.29, 0.717) is 29.5 Å². The summed E-state index contributed by atoms with van der Waals surface area (Å²) in [7, 11) is 0. The van der Waals surface area contributed by atoms with E-state index in [9.17, 15) is 4.79 Å². The predicted octanol–water partition coefficient (Wildman–Crippen LogP) is 2.71. The van der Waals surface area contributed by atoms with Gasteiger partial charge in [0, 0.05) is 37.7 Å². The minimum absolute atomic E-state index is 0.105. The van der Waals surface area contributed by atoms with E-state index in [1.54, 1.807) is 23.4 Å². The Balaban J connectivity index is 1.59. The van der Waals surface area contributed by atoms with Crippen LogP contribution in [0.1, 0.15) is 22.5 Å². The molecule has 120 valence electrons. The third kappa shape index (κ3) is 2.76. The number of pyridine rings is 1. The summed E-state index contributed by atoms with van der Waals surface area (Å²) in [6, 6.07) is 5.58. The lowest BCUT2D eigenvalue weighted by Crippen LogP contribution is -2.35. The van der Waals surface area contributed by atoms with Gasteiger partial charge >= 0.3 is 0 Å². The molecule has 1 aliphatic rings. The number of aromatic nitrogens is 4. The van der Waals surface area contributed by atoms with Crippen LogP contribution in [0.5, 0.6) is 0 Å². The molecule has 0 spiro atoms. The number of nitrogens with zero attached hydrogens (tertiary/aromatic N) is 5. The number of halogens is 1. The SMILES string of the molecule is O=C(c1cc2ncc(Cl)cn2n1)N1CCC=C(c2cccnc2)C1. The quantitative estimate of drug-likeness (QED) is 0.720. The highest BCUT2D eigenvalue weighted by Gasteiger charge is 2.23. The lowest BCUT2D eigenvalue weighted by atomic mass is 10.0. The van der Waals surface area contributed by atoms with Crippen molar-refractivity contribution in [3.05, 3.63) is 65.3 Å². The third-order valence-electron chi connectivity index (χ3n) is 3.97. The molecule has 3 aromatic rings. The monoisotopic (exact) mass is 339 g/mol. The van der Waals surface area contributed by atoms with Crippen LogP contribution in [0.15, 0.2) is 49.1 Å². The highest BCUT2D eigenvalue weighted by atomic mass is 35.5. The Morgan fingerprint density at radius 3 is 3.04 bits per heavy atom. The van der Waals surface area contributed by atoms with Crippen LogP contribution in [-0.4, -0.2) is 43.5 Å². The molecule has 4 heterocycles. The number of fused-ring (bicyclic) bond motifs is 1. The molecule has 0 fully saturated rings. The summed E-state index contributed by atoms with van der Waals surface area (Å²) in [5.41, 5.74) is 3.12. The first-order valence-corrected chi connectivity index (χ1v) is 7.98. The van der Waals surface area contributed by atoms with Crippen molar-refractivity contribution >= 4 is 28.7 Å². The molecular formula is C17H14ClN5O. The van der Waals surface area contributed by atoms with Crippen molar-refractivity contribution in [2.24, 2.45) is 0 Å². The number of carbonyl (C=O) groups is 1. The second-order valence-electron chi connectivity index (χ2n) is 5.59. The second-order valence-corrected chi connectivity index (χ2v) is 6.03. The maximum Gasteiger partial charge on any atom is 0.274 e. The maximum atomic E-state index is 12.8. The number of amides is 1. The van der Waals surface area contributed by atoms with Crippen molar-refractivity contribution < 1.29 is 4.79 Å². The molecule has 1 aliphatic heterocycles. The fourth-order valence-corrected chi connectivity index (χ4v) is 2.94. The zero-order valence-electron chi connectivity index (χ0n) is 12.8. The van der Waals surface area contributed by atoms with Gasteiger partial charge in [-0.1, -0.05) is 23.7 Å². The summed E-state index contributed by atoms with van der Waals surface area (Å²) in [4.78, 5) is 22.9. The number of hydrogen-bond donors (Lipinski definition) is 0. The van der Waals surface area contributed by atoms with Crippen LogP contribution in [0.3, 0.4) is 0 Å². The highest BCUT2D eigenvalue weighted by Crippen LogP contribution is 2.21. The Bertz CT molecular complexity index is 935. The van der Waals surface area contributed by atoms with E-state index in [4.69, 9.17) is 11.6 Å². The van der Waals surface area contributed by atoms with Crippen LogP contribution in [0, 0.1) is 0 Å². The third-order valence-corrected chi connectivity index (χ3v) is 4.17. The Kier molecular flexibility index (Phi) is 3.74. The lowest BCUT2D eigenvalue weighted by molar-refractivity contribution is 0.0768. The van der Waals surface area contributed by atoms with Gasteiger partial charge in [-0.3, -0.25) is 9.78 Å². The van der Waals surface area contributed by atoms with Gasteiger partial charge in [0.05, 0.1) is 11.2 Å². The second kappa shape index (κ2) is 6.05. The summed E-state index contributed by atoms with van der Waals surface area (Å²) in [5.74, 6) is -0.105. The van der Waals surface area contributed by atoms with Crippen LogP contribution >= 0.6 is 11.6 Å². The Hall–Kier alpha value is -2.73. The van der Waals surface area contributed by atoms with E-state index in [1.165, 1.54) is 10.7 Å². The largest absolute Gasteiger partial charge is 0.333 e. The van der Waals surface area contributed by atoms with Gasteiger partial charge in [0.1, 0.15) is 0 Å². The van der Waals surface area contributed by atoms with Gasteiger partial charge in [-0.25, -0.2) is 9.50 Å². The zero-order chi connectivity index (χ0) is 16.5. The Morgan fingerprint density at radius 1 is 1.29 bits per heavy atom. The molecule has 0 radical (unpaired) electrons. The maximum absolute atomic E-state index is 12.8. The average Bonchev–Trinajstić information content (AvgIpc) is 3.05. The fourth-order valence-electron chi connectivity index (χ4n) is 2.80. The van der Waals surface area contributed by atoms with E-state index < -0.39 is 0 Å². The van der Waals surface area contributed by atoms with Crippen molar-refractivity contribution in [2.45, 2.75) is 6.42 Å². The molecule has 4 rings (SSSR count). The van der Waals surface area contributed by atoms with E-state index in [0.717, 1.165) is 17.6 Å². The number of rotatable bonds is 2. The number of carbonyl (C=O) groups excluding carboxylic acids is 1. The first kappa shape index (κ1) is 14.8. The topological polar surface area (TPSA) is 63.4 Å². The molecule has 1 amide bonds. The summed E-state index contributed by atoms with van der Waals surface area (Å²) in [6.07, 6.45) is 9.70. The van der Waals surface area contributed by atoms with Crippen LogP contribution in [0.4, 0.5) is 0 Å². The summed E-state index contributed by atoms with van der Waals surface area (Å²) < 4.78 is 1.53. The number of hydrogen-bond acceptors (Lipinski definition) is 4. The molecule has 0 bridgehead atoms. The fraction of sp³-hybridized carbons (Fsp3) is 0.176. The van der Waals surface area contributed by atoms with Gasteiger partial charge in [0.15, 0.2) is 11.3 Å². The van der Waals surface area contributed by atoms with Crippen LogP contribution in [0.2, 0.25) is 5.02 Å². The smallest absolute Gasteiger partial charge is 0.274 e. The summed E-state index contributed by atoms with van der Waals surface area (Å²) >= 11 is 5.91. The molecule has 24 heavy (non-hydrogen) atoms. The Labute approximate surface area is 143 Å². The van der Waals surface area contributed by atoms with Crippen molar-refractivity contribution in [2.75, 3.05) is 13.1 Å². The molecule has 7 heteroatoms. The van der Waals surface area contributed by atoms with Gasteiger partial charge < -0.3 is 4.90 Å². The van der Waals surface area contributed by atoms with Crippen molar-refractivity contribution in [3.63, 3.8) is 0 Å². The molecule has 0 saturated heterocycles. The molecular weight excluding hydrogens is 326 g/mol. The zero-order valence-corrected chi connectivity index (χ0v) is 13.5. The van der Waals surface area contributed by atoms with Crippen LogP contribution in [-0.2, 0) is 0 Å². The average molecular weight is 340 g/mol. The standard InChI is InChI=1S/C17H14ClN5O/c18-14-9-20-16-7-15(21-23(16)11-14)17(24)22-6-2-4-13(10-22)12-3-1-5-19-8-12/h1,3-5,7-9,11H,2,6,10H2. The van der Waals surface area contributed by atoms with Gasteiger partial charge in [-0.05, 0) is 23.6 Å². The van der Waals surface area contributed by atoms with E-state index in [2.05, 4.69) is 21.1 Å². The molecule has 6 nitrogen and oxygen atoms in total. The van der Waals surface area contributed by atoms with Gasteiger partial charge in [0.25, 0.3) is 5.91 Å². The molecule has 3 aromatic heterocycles. The molecule has 0 aliphatic carbocycles. The first-order valence-electron chi connectivity index (χ1n) is 7.60. The molecule has 0 saturated carbocycles. The Morgan fingerprint density at radius 2 is 2.21 bits per heavy atom. The molecule has 0 N–H and O–H groups in total. The predicted molar refractivity (Wildman–Crippen MR) is 90.7 cm³/mol. The van der Waals surface area contributed by atoms with Crippen molar-refractivity contribution in [1.82, 2.24) is 24.5 Å². The van der Waals surface area contributed by atoms with Gasteiger partial charge in [0.2, 0.25) is 0 Å². The van der Waals surface area contributed by atoms with Gasteiger partial charge in [-0.15, -0.1) is 0 Å². The van der Waals surface area contributed by atoms with Crippen LogP contribution < -0.4 is 0 Å². The lowest BCUT2D eigenvalue weighted by Gasteiger charge is -2.26. The summed E-state index contributed by atoms with van der Waals surface area (Å²) in [5, 5.41) is 4.77. The van der Waals surface area contributed by atoms with Crippen molar-refractivity contribution in [3.8, 4) is 0 Å². The van der Waals surface area contributed by atoms with Crippen molar-refractivity contribution in [1.29, 1.82) is 0 Å². The molecule has 0 aromatic carbocycles. The van der Waals surface area contributed by atoms with E-state index in [-0.39, 0.29) is 5.91 Å². The van der Waals surface area contributed by atoms with E-state index >= 15 is 0 Å². The molecule has 0 atom stereocenters. The first-order chi connectivity index (χ1) is 11.7. The van der Waals surface area contributed by atoms with Gasteiger partial charge in [-0.2, -0.15) is 5.10 Å². The summed E-state index contributed by atoms with van der Waals surface area (Å²) in [6.45, 7) is 1.22.